The van der Waals surface area contributed by atoms with Gasteiger partial charge < -0.3 is 5.73 Å². The molecule has 19 heavy (non-hydrogen) atoms. The van der Waals surface area contributed by atoms with E-state index < -0.39 is 0 Å². The second-order valence-electron chi connectivity index (χ2n) is 4.29. The Balaban J connectivity index is 2.18. The van der Waals surface area contributed by atoms with Crippen LogP contribution in [-0.4, -0.2) is 20.2 Å². The number of para-hydroxylation sites is 2. The van der Waals surface area contributed by atoms with E-state index in [1.54, 1.807) is 4.68 Å². The topological polar surface area (TPSA) is 69.6 Å². The minimum atomic E-state index is 0.646. The molecule has 2 aromatic carbocycles. The zero-order chi connectivity index (χ0) is 13.2. The van der Waals surface area contributed by atoms with Crippen LogP contribution in [0, 0.1) is 6.92 Å². The van der Waals surface area contributed by atoms with Gasteiger partial charge in [0.25, 0.3) is 0 Å². The van der Waals surface area contributed by atoms with Crippen LogP contribution in [0.25, 0.3) is 17.1 Å². The van der Waals surface area contributed by atoms with Crippen LogP contribution in [-0.2, 0) is 0 Å². The van der Waals surface area contributed by atoms with Crippen LogP contribution in [0.1, 0.15) is 5.56 Å². The molecule has 0 fully saturated rings. The molecule has 1 aromatic heterocycles. The number of anilines is 1. The molecule has 0 radical (unpaired) electrons. The lowest BCUT2D eigenvalue weighted by atomic mass is 10.1. The van der Waals surface area contributed by atoms with E-state index in [0.717, 1.165) is 16.8 Å². The lowest BCUT2D eigenvalue weighted by Gasteiger charge is -2.08. The van der Waals surface area contributed by atoms with Crippen LogP contribution in [0.2, 0.25) is 0 Å². The Morgan fingerprint density at radius 2 is 1.79 bits per heavy atom. The number of benzene rings is 2. The summed E-state index contributed by atoms with van der Waals surface area (Å²) in [6, 6.07) is 15.6. The van der Waals surface area contributed by atoms with Gasteiger partial charge in [-0.15, -0.1) is 5.10 Å². The molecular formula is C14H13N5. The summed E-state index contributed by atoms with van der Waals surface area (Å²) in [5.74, 6) is 0.646. The van der Waals surface area contributed by atoms with Gasteiger partial charge in [0.1, 0.15) is 0 Å². The first-order valence-electron chi connectivity index (χ1n) is 5.96. The van der Waals surface area contributed by atoms with E-state index in [2.05, 4.69) is 15.5 Å². The van der Waals surface area contributed by atoms with Crippen LogP contribution in [0.4, 0.5) is 5.69 Å². The third kappa shape index (κ3) is 1.95. The molecule has 0 unspecified atom stereocenters. The predicted molar refractivity (Wildman–Crippen MR) is 73.7 cm³/mol. The molecular weight excluding hydrogens is 238 g/mol. The van der Waals surface area contributed by atoms with Crippen molar-refractivity contribution in [3.8, 4) is 17.1 Å². The number of nitrogens with zero attached hydrogens (tertiary/aromatic N) is 4. The molecule has 5 heteroatoms. The van der Waals surface area contributed by atoms with Crippen LogP contribution in [0.3, 0.4) is 0 Å². The van der Waals surface area contributed by atoms with E-state index in [1.807, 2.05) is 55.5 Å². The van der Waals surface area contributed by atoms with Gasteiger partial charge in [-0.25, -0.2) is 0 Å². The van der Waals surface area contributed by atoms with E-state index >= 15 is 0 Å². The highest BCUT2D eigenvalue weighted by Gasteiger charge is 2.13. The van der Waals surface area contributed by atoms with Gasteiger partial charge in [-0.05, 0) is 41.1 Å². The Bertz CT molecular complexity index is 703. The Kier molecular flexibility index (Phi) is 2.72. The molecule has 3 aromatic rings. The Hall–Kier alpha value is -2.69. The molecule has 0 amide bonds. The van der Waals surface area contributed by atoms with Crippen LogP contribution in [0.15, 0.2) is 48.5 Å². The number of hydrogen-bond acceptors (Lipinski definition) is 4. The standard InChI is InChI=1S/C14H13N5/c1-10-6-5-9-12(13(10)15)14-16-17-18-19(14)11-7-3-2-4-8-11/h2-9H,15H2,1H3. The van der Waals surface area contributed by atoms with Gasteiger partial charge in [0.2, 0.25) is 0 Å². The van der Waals surface area contributed by atoms with Gasteiger partial charge in [-0.1, -0.05) is 30.3 Å². The van der Waals surface area contributed by atoms with Crippen molar-refractivity contribution >= 4 is 5.69 Å². The highest BCUT2D eigenvalue weighted by Crippen LogP contribution is 2.27. The monoisotopic (exact) mass is 251 g/mol. The normalized spacial score (nSPS) is 10.6. The minimum Gasteiger partial charge on any atom is -0.398 e. The Morgan fingerprint density at radius 3 is 2.58 bits per heavy atom. The number of rotatable bonds is 2. The van der Waals surface area contributed by atoms with Crippen molar-refractivity contribution in [2.75, 3.05) is 5.73 Å². The number of tetrazole rings is 1. The van der Waals surface area contributed by atoms with Crippen LogP contribution in [0.5, 0.6) is 0 Å². The molecule has 3 rings (SSSR count). The van der Waals surface area contributed by atoms with Crippen LogP contribution >= 0.6 is 0 Å². The van der Waals surface area contributed by atoms with Gasteiger partial charge in [0.15, 0.2) is 5.82 Å². The fourth-order valence-corrected chi connectivity index (χ4v) is 1.97. The summed E-state index contributed by atoms with van der Waals surface area (Å²) in [6.07, 6.45) is 0. The Labute approximate surface area is 110 Å². The summed E-state index contributed by atoms with van der Waals surface area (Å²) in [6.45, 7) is 1.97. The van der Waals surface area contributed by atoms with E-state index in [1.165, 1.54) is 0 Å². The van der Waals surface area contributed by atoms with Gasteiger partial charge in [0.05, 0.1) is 5.69 Å². The largest absolute Gasteiger partial charge is 0.398 e. The van der Waals surface area contributed by atoms with Gasteiger partial charge in [-0.2, -0.15) is 4.68 Å². The molecule has 0 saturated carbocycles. The number of aromatic nitrogens is 4. The molecule has 0 aliphatic carbocycles. The summed E-state index contributed by atoms with van der Waals surface area (Å²) >= 11 is 0. The predicted octanol–water partition coefficient (Wildman–Crippen LogP) is 2.22. The van der Waals surface area contributed by atoms with E-state index in [-0.39, 0.29) is 0 Å². The van der Waals surface area contributed by atoms with Crippen molar-refractivity contribution < 1.29 is 0 Å². The second kappa shape index (κ2) is 4.53. The molecule has 0 atom stereocenters. The highest BCUT2D eigenvalue weighted by molar-refractivity contribution is 5.74. The molecule has 0 spiro atoms. The summed E-state index contributed by atoms with van der Waals surface area (Å²) in [5.41, 5.74) is 9.58. The number of nitrogens with two attached hydrogens (primary N) is 1. The summed E-state index contributed by atoms with van der Waals surface area (Å²) in [7, 11) is 0. The highest BCUT2D eigenvalue weighted by atomic mass is 15.5. The fourth-order valence-electron chi connectivity index (χ4n) is 1.97. The van der Waals surface area contributed by atoms with Crippen molar-refractivity contribution in [3.63, 3.8) is 0 Å². The third-order valence-electron chi connectivity index (χ3n) is 3.04. The second-order valence-corrected chi connectivity index (χ2v) is 4.29. The third-order valence-corrected chi connectivity index (χ3v) is 3.04. The maximum absolute atomic E-state index is 6.11. The molecule has 94 valence electrons. The maximum Gasteiger partial charge on any atom is 0.189 e. The first-order valence-corrected chi connectivity index (χ1v) is 5.96. The van der Waals surface area contributed by atoms with Crippen molar-refractivity contribution in [3.05, 3.63) is 54.1 Å². The maximum atomic E-state index is 6.11. The van der Waals surface area contributed by atoms with Crippen molar-refractivity contribution in [1.29, 1.82) is 0 Å². The van der Waals surface area contributed by atoms with Crippen molar-refractivity contribution in [2.24, 2.45) is 0 Å². The molecule has 0 aliphatic rings. The number of hydrogen-bond donors (Lipinski definition) is 1. The van der Waals surface area contributed by atoms with Gasteiger partial charge >= 0.3 is 0 Å². The van der Waals surface area contributed by atoms with E-state index in [4.69, 9.17) is 5.73 Å². The summed E-state index contributed by atoms with van der Waals surface area (Å²) in [5, 5.41) is 11.9. The number of aryl methyl sites for hydroxylation is 1. The molecule has 0 aliphatic heterocycles. The average Bonchev–Trinajstić information content (AvgIpc) is 2.92. The summed E-state index contributed by atoms with van der Waals surface area (Å²) in [4.78, 5) is 0. The number of nitrogen functional groups attached to an aromatic ring is 1. The fraction of sp³-hybridized carbons (Fsp3) is 0.0714. The van der Waals surface area contributed by atoms with Crippen LogP contribution < -0.4 is 5.73 Å². The average molecular weight is 251 g/mol. The van der Waals surface area contributed by atoms with Gasteiger partial charge in [-0.3, -0.25) is 0 Å². The minimum absolute atomic E-state index is 0.646. The van der Waals surface area contributed by atoms with E-state index in [9.17, 15) is 0 Å². The first kappa shape index (κ1) is 11.4. The quantitative estimate of drug-likeness (QED) is 0.709. The lowest BCUT2D eigenvalue weighted by Crippen LogP contribution is -2.02. The summed E-state index contributed by atoms with van der Waals surface area (Å²) < 4.78 is 1.69. The molecule has 0 bridgehead atoms. The molecule has 0 saturated heterocycles. The smallest absolute Gasteiger partial charge is 0.189 e. The van der Waals surface area contributed by atoms with Crippen molar-refractivity contribution in [2.45, 2.75) is 6.92 Å². The molecule has 2 N–H and O–H groups in total. The van der Waals surface area contributed by atoms with Crippen molar-refractivity contribution in [1.82, 2.24) is 20.2 Å². The molecule has 5 nitrogen and oxygen atoms in total. The lowest BCUT2D eigenvalue weighted by molar-refractivity contribution is 0.791. The Morgan fingerprint density at radius 1 is 1.00 bits per heavy atom. The molecule has 1 heterocycles. The van der Waals surface area contributed by atoms with E-state index in [0.29, 0.717) is 11.5 Å². The SMILES string of the molecule is Cc1cccc(-c2nnnn2-c2ccccc2)c1N. The zero-order valence-electron chi connectivity index (χ0n) is 10.5. The zero-order valence-corrected chi connectivity index (χ0v) is 10.5. The van der Waals surface area contributed by atoms with Gasteiger partial charge in [0, 0.05) is 11.3 Å². The first-order chi connectivity index (χ1) is 9.27.